The average Bonchev–Trinajstić information content (AvgIpc) is 2.77. The van der Waals surface area contributed by atoms with Crippen LogP contribution in [0.2, 0.25) is 0 Å². The van der Waals surface area contributed by atoms with Crippen molar-refractivity contribution in [3.63, 3.8) is 0 Å². The van der Waals surface area contributed by atoms with Crippen molar-refractivity contribution >= 4 is 22.7 Å². The number of ether oxygens (including phenoxy) is 2. The Morgan fingerprint density at radius 2 is 2.06 bits per heavy atom. The largest absolute Gasteiger partial charge is 0.496 e. The zero-order valence-electron chi connectivity index (χ0n) is 20.6. The Morgan fingerprint density at radius 3 is 2.74 bits per heavy atom. The van der Waals surface area contributed by atoms with Crippen molar-refractivity contribution in [2.45, 2.75) is 45.8 Å². The van der Waals surface area contributed by atoms with E-state index in [9.17, 15) is 4.79 Å². The molecule has 0 amide bonds. The molecule has 10 nitrogen and oxygen atoms in total. The molecule has 0 aliphatic carbocycles. The van der Waals surface area contributed by atoms with Gasteiger partial charge in [-0.15, -0.1) is 0 Å². The summed E-state index contributed by atoms with van der Waals surface area (Å²) in [6.45, 7) is 9.23. The maximum Gasteiger partial charge on any atom is 0.280 e. The molecule has 1 aromatic carbocycles. The summed E-state index contributed by atoms with van der Waals surface area (Å²) in [7, 11) is 1.65. The van der Waals surface area contributed by atoms with Crippen LogP contribution in [0.4, 0.5) is 11.8 Å². The lowest BCUT2D eigenvalue weighted by Gasteiger charge is -2.55. The summed E-state index contributed by atoms with van der Waals surface area (Å²) in [5.41, 5.74) is 8.50. The molecule has 0 bridgehead atoms. The van der Waals surface area contributed by atoms with Gasteiger partial charge in [-0.05, 0) is 25.0 Å². The van der Waals surface area contributed by atoms with Gasteiger partial charge in [0.2, 0.25) is 5.95 Å². The third-order valence-corrected chi connectivity index (χ3v) is 6.84. The molecule has 5 rings (SSSR count). The molecule has 2 fully saturated rings. The molecule has 186 valence electrons. The smallest absolute Gasteiger partial charge is 0.280 e. The highest BCUT2D eigenvalue weighted by Gasteiger charge is 2.48. The fourth-order valence-corrected chi connectivity index (χ4v) is 5.09. The van der Waals surface area contributed by atoms with E-state index in [1.165, 1.54) is 10.2 Å². The summed E-state index contributed by atoms with van der Waals surface area (Å²) < 4.78 is 12.5. The zero-order chi connectivity index (χ0) is 24.6. The summed E-state index contributed by atoms with van der Waals surface area (Å²) in [6.07, 6.45) is 3.52. The van der Waals surface area contributed by atoms with Crippen LogP contribution >= 0.6 is 0 Å². The molecule has 2 aliphatic heterocycles. The van der Waals surface area contributed by atoms with Gasteiger partial charge in [-0.3, -0.25) is 9.69 Å². The number of hydrogen-bond acceptors (Lipinski definition) is 9. The maximum atomic E-state index is 13.4. The number of nitrogens with two attached hydrogens (primary N) is 1. The van der Waals surface area contributed by atoms with E-state index in [1.807, 2.05) is 12.1 Å². The van der Waals surface area contributed by atoms with Crippen LogP contribution in [0.1, 0.15) is 37.8 Å². The molecule has 2 aliphatic rings. The van der Waals surface area contributed by atoms with Crippen molar-refractivity contribution in [3.05, 3.63) is 45.9 Å². The summed E-state index contributed by atoms with van der Waals surface area (Å²) in [6, 6.07) is 6.29. The molecule has 1 atom stereocenters. The van der Waals surface area contributed by atoms with Crippen molar-refractivity contribution in [2.24, 2.45) is 5.41 Å². The third kappa shape index (κ3) is 4.68. The quantitative estimate of drug-likeness (QED) is 0.476. The van der Waals surface area contributed by atoms with Gasteiger partial charge in [0.05, 0.1) is 33.1 Å². The number of hydrogen-bond donors (Lipinski definition) is 2. The van der Waals surface area contributed by atoms with Gasteiger partial charge in [-0.2, -0.15) is 10.1 Å². The first-order valence-electron chi connectivity index (χ1n) is 12.2. The van der Waals surface area contributed by atoms with E-state index >= 15 is 0 Å². The summed E-state index contributed by atoms with van der Waals surface area (Å²) >= 11 is 0. The zero-order valence-corrected chi connectivity index (χ0v) is 20.6. The first-order valence-corrected chi connectivity index (χ1v) is 12.2. The SMILES string of the molecule is CCC[C@@H](C)Nc1nc(N)nc2cnn(Cc3ccc(CN4CC5(COC5)C4)cc3OC)c(=O)c12. The highest BCUT2D eigenvalue weighted by molar-refractivity contribution is 5.88. The Labute approximate surface area is 204 Å². The lowest BCUT2D eigenvalue weighted by atomic mass is 9.78. The summed E-state index contributed by atoms with van der Waals surface area (Å²) in [5, 5.41) is 8.07. The highest BCUT2D eigenvalue weighted by Crippen LogP contribution is 2.38. The van der Waals surface area contributed by atoms with Crippen LogP contribution in [0.15, 0.2) is 29.2 Å². The number of aromatic nitrogens is 4. The first-order chi connectivity index (χ1) is 16.9. The molecule has 2 aromatic heterocycles. The van der Waals surface area contributed by atoms with Gasteiger partial charge < -0.3 is 20.5 Å². The predicted octanol–water partition coefficient (Wildman–Crippen LogP) is 2.26. The van der Waals surface area contributed by atoms with Gasteiger partial charge in [0.15, 0.2) is 0 Å². The lowest BCUT2D eigenvalue weighted by molar-refractivity contribution is -0.191. The van der Waals surface area contributed by atoms with E-state index in [4.69, 9.17) is 15.2 Å². The minimum absolute atomic E-state index is 0.109. The molecule has 4 heterocycles. The number of benzene rings is 1. The van der Waals surface area contributed by atoms with Crippen LogP contribution in [0.5, 0.6) is 5.75 Å². The van der Waals surface area contributed by atoms with Gasteiger partial charge in [0, 0.05) is 36.7 Å². The molecule has 2 saturated heterocycles. The van der Waals surface area contributed by atoms with Gasteiger partial charge in [-0.25, -0.2) is 9.67 Å². The van der Waals surface area contributed by atoms with Gasteiger partial charge >= 0.3 is 0 Å². The van der Waals surface area contributed by atoms with Gasteiger partial charge in [0.1, 0.15) is 22.5 Å². The van der Waals surface area contributed by atoms with E-state index in [0.29, 0.717) is 22.1 Å². The average molecular weight is 480 g/mol. The second-order valence-corrected chi connectivity index (χ2v) is 9.92. The Hall–Kier alpha value is -3.24. The minimum atomic E-state index is -0.270. The molecule has 0 saturated carbocycles. The summed E-state index contributed by atoms with van der Waals surface area (Å²) in [4.78, 5) is 24.4. The third-order valence-electron chi connectivity index (χ3n) is 6.84. The minimum Gasteiger partial charge on any atom is -0.496 e. The molecule has 0 unspecified atom stereocenters. The number of nitrogens with zero attached hydrogens (tertiary/aromatic N) is 5. The fraction of sp³-hybridized carbons (Fsp3) is 0.520. The standard InChI is InChI=1S/C25H33N7O3/c1-4-5-16(2)28-22-21-19(29-24(26)30-22)9-27-32(23(21)33)11-18-7-6-17(8-20(18)34-3)10-31-12-25(13-31)14-35-15-25/h6-9,16H,4-5,10-15H2,1-3H3,(H3,26,28,29,30)/t16-/m1/s1. The van der Waals surface area contributed by atoms with E-state index in [-0.39, 0.29) is 24.1 Å². The first kappa shape index (κ1) is 23.5. The highest BCUT2D eigenvalue weighted by atomic mass is 16.5. The van der Waals surface area contributed by atoms with Crippen LogP contribution in [0.25, 0.3) is 10.9 Å². The van der Waals surface area contributed by atoms with Gasteiger partial charge in [-0.1, -0.05) is 25.5 Å². The molecule has 10 heteroatoms. The van der Waals surface area contributed by atoms with Crippen LogP contribution in [0, 0.1) is 5.41 Å². The fourth-order valence-electron chi connectivity index (χ4n) is 5.09. The number of likely N-dealkylation sites (tertiary alicyclic amines) is 1. The maximum absolute atomic E-state index is 13.4. The van der Waals surface area contributed by atoms with Crippen molar-refractivity contribution in [3.8, 4) is 5.75 Å². The van der Waals surface area contributed by atoms with Crippen molar-refractivity contribution in [1.29, 1.82) is 0 Å². The number of fused-ring (bicyclic) bond motifs is 1. The number of methoxy groups -OCH3 is 1. The van der Waals surface area contributed by atoms with E-state index in [0.717, 1.165) is 57.0 Å². The van der Waals surface area contributed by atoms with Crippen LogP contribution in [-0.4, -0.2) is 64.1 Å². The molecular formula is C25H33N7O3. The normalized spacial score (nSPS) is 17.7. The second kappa shape index (κ2) is 9.43. The molecule has 1 spiro atoms. The van der Waals surface area contributed by atoms with Crippen LogP contribution in [0.3, 0.4) is 0 Å². The van der Waals surface area contributed by atoms with Crippen molar-refractivity contribution in [2.75, 3.05) is 44.5 Å². The Balaban J connectivity index is 1.39. The van der Waals surface area contributed by atoms with E-state index < -0.39 is 0 Å². The lowest BCUT2D eigenvalue weighted by Crippen LogP contribution is -2.65. The Morgan fingerprint density at radius 1 is 1.26 bits per heavy atom. The molecule has 3 aromatic rings. The Kier molecular flexibility index (Phi) is 6.33. The molecular weight excluding hydrogens is 446 g/mol. The molecule has 0 radical (unpaired) electrons. The number of nitrogen functional groups attached to an aromatic ring is 1. The van der Waals surface area contributed by atoms with Gasteiger partial charge in [0.25, 0.3) is 5.56 Å². The van der Waals surface area contributed by atoms with Crippen molar-refractivity contribution in [1.82, 2.24) is 24.6 Å². The number of nitrogens with one attached hydrogen (secondary N) is 1. The Bertz CT molecular complexity index is 1280. The van der Waals surface area contributed by atoms with E-state index in [1.54, 1.807) is 13.3 Å². The van der Waals surface area contributed by atoms with Crippen LogP contribution < -0.4 is 21.3 Å². The van der Waals surface area contributed by atoms with Crippen molar-refractivity contribution < 1.29 is 9.47 Å². The second-order valence-electron chi connectivity index (χ2n) is 9.92. The van der Waals surface area contributed by atoms with Crippen LogP contribution in [-0.2, 0) is 17.8 Å². The molecule has 35 heavy (non-hydrogen) atoms. The number of anilines is 2. The molecule has 3 N–H and O–H groups in total. The number of rotatable bonds is 9. The summed E-state index contributed by atoms with van der Waals surface area (Å²) in [5.74, 6) is 1.29. The predicted molar refractivity (Wildman–Crippen MR) is 135 cm³/mol. The van der Waals surface area contributed by atoms with E-state index in [2.05, 4.69) is 45.2 Å². The monoisotopic (exact) mass is 479 g/mol. The topological polar surface area (TPSA) is 120 Å².